The van der Waals surface area contributed by atoms with Gasteiger partial charge in [0.1, 0.15) is 0 Å². The standard InChI is InChI=1S/C18H36N2/c1-3-15-19-17-13-7-5-6-8-14-18(17)20(4-2)16-11-9-10-12-16/h16-19H,3-15H2,1-2H3. The van der Waals surface area contributed by atoms with Gasteiger partial charge in [0, 0.05) is 18.1 Å². The van der Waals surface area contributed by atoms with Crippen molar-refractivity contribution in [2.24, 2.45) is 0 Å². The quantitative estimate of drug-likeness (QED) is 0.778. The molecule has 118 valence electrons. The molecule has 0 aromatic heterocycles. The first kappa shape index (κ1) is 16.3. The first-order valence-corrected chi connectivity index (χ1v) is 9.36. The number of hydrogen-bond donors (Lipinski definition) is 1. The minimum atomic E-state index is 0.746. The van der Waals surface area contributed by atoms with Gasteiger partial charge in [-0.25, -0.2) is 0 Å². The minimum Gasteiger partial charge on any atom is -0.312 e. The van der Waals surface area contributed by atoms with Crippen molar-refractivity contribution >= 4 is 0 Å². The van der Waals surface area contributed by atoms with E-state index in [1.807, 2.05) is 0 Å². The van der Waals surface area contributed by atoms with Crippen molar-refractivity contribution in [3.05, 3.63) is 0 Å². The van der Waals surface area contributed by atoms with Crippen LogP contribution in [0.1, 0.15) is 84.5 Å². The summed E-state index contributed by atoms with van der Waals surface area (Å²) < 4.78 is 0. The van der Waals surface area contributed by atoms with Crippen LogP contribution >= 0.6 is 0 Å². The van der Waals surface area contributed by atoms with Crippen LogP contribution in [-0.4, -0.2) is 36.1 Å². The second-order valence-corrected chi connectivity index (χ2v) is 6.89. The molecule has 0 amide bonds. The van der Waals surface area contributed by atoms with Crippen molar-refractivity contribution in [1.82, 2.24) is 10.2 Å². The Morgan fingerprint density at radius 1 is 0.850 bits per heavy atom. The van der Waals surface area contributed by atoms with Crippen LogP contribution in [0.5, 0.6) is 0 Å². The van der Waals surface area contributed by atoms with Gasteiger partial charge < -0.3 is 5.32 Å². The van der Waals surface area contributed by atoms with E-state index in [9.17, 15) is 0 Å². The molecule has 0 saturated heterocycles. The molecule has 2 heteroatoms. The summed E-state index contributed by atoms with van der Waals surface area (Å²) >= 11 is 0. The van der Waals surface area contributed by atoms with Crippen LogP contribution in [0.15, 0.2) is 0 Å². The fourth-order valence-corrected chi connectivity index (χ4v) is 4.43. The molecule has 0 spiro atoms. The third-order valence-electron chi connectivity index (χ3n) is 5.47. The third kappa shape index (κ3) is 4.46. The zero-order valence-corrected chi connectivity index (χ0v) is 13.9. The molecule has 2 fully saturated rings. The highest BCUT2D eigenvalue weighted by Gasteiger charge is 2.32. The molecule has 0 heterocycles. The molecule has 0 radical (unpaired) electrons. The Morgan fingerprint density at radius 3 is 2.15 bits per heavy atom. The van der Waals surface area contributed by atoms with Crippen molar-refractivity contribution in [1.29, 1.82) is 0 Å². The fraction of sp³-hybridized carbons (Fsp3) is 1.00. The van der Waals surface area contributed by atoms with E-state index in [0.717, 1.165) is 18.1 Å². The molecule has 2 unspecified atom stereocenters. The Hall–Kier alpha value is -0.0800. The Morgan fingerprint density at radius 2 is 1.50 bits per heavy atom. The summed E-state index contributed by atoms with van der Waals surface area (Å²) in [6.45, 7) is 7.12. The molecule has 2 nitrogen and oxygen atoms in total. The van der Waals surface area contributed by atoms with Crippen molar-refractivity contribution < 1.29 is 0 Å². The predicted octanol–water partition coefficient (Wildman–Crippen LogP) is 4.34. The highest BCUT2D eigenvalue weighted by molar-refractivity contribution is 4.90. The van der Waals surface area contributed by atoms with Gasteiger partial charge in [-0.1, -0.05) is 52.4 Å². The van der Waals surface area contributed by atoms with Crippen LogP contribution in [-0.2, 0) is 0 Å². The zero-order valence-electron chi connectivity index (χ0n) is 13.9. The van der Waals surface area contributed by atoms with Crippen LogP contribution in [0, 0.1) is 0 Å². The van der Waals surface area contributed by atoms with Gasteiger partial charge in [-0.05, 0) is 45.2 Å². The fourth-order valence-electron chi connectivity index (χ4n) is 4.43. The van der Waals surface area contributed by atoms with Gasteiger partial charge >= 0.3 is 0 Å². The Kier molecular flexibility index (Phi) is 7.37. The molecule has 1 N–H and O–H groups in total. The molecule has 2 aliphatic rings. The van der Waals surface area contributed by atoms with Gasteiger partial charge in [0.25, 0.3) is 0 Å². The summed E-state index contributed by atoms with van der Waals surface area (Å²) in [5.41, 5.74) is 0. The summed E-state index contributed by atoms with van der Waals surface area (Å²) in [7, 11) is 0. The lowest BCUT2D eigenvalue weighted by atomic mass is 9.90. The van der Waals surface area contributed by atoms with E-state index in [4.69, 9.17) is 0 Å². The van der Waals surface area contributed by atoms with Gasteiger partial charge in [-0.2, -0.15) is 0 Å². The first-order valence-electron chi connectivity index (χ1n) is 9.36. The molecule has 20 heavy (non-hydrogen) atoms. The SMILES string of the molecule is CCCNC1CCCCCCC1N(CC)C1CCCC1. The average molecular weight is 280 g/mol. The number of hydrogen-bond acceptors (Lipinski definition) is 2. The first-order chi connectivity index (χ1) is 9.86. The van der Waals surface area contributed by atoms with E-state index in [1.165, 1.54) is 83.7 Å². The van der Waals surface area contributed by atoms with Crippen molar-refractivity contribution in [3.8, 4) is 0 Å². The summed E-state index contributed by atoms with van der Waals surface area (Å²) in [5.74, 6) is 0. The summed E-state index contributed by atoms with van der Waals surface area (Å²) in [4.78, 5) is 2.88. The molecule has 0 aromatic carbocycles. The van der Waals surface area contributed by atoms with Crippen molar-refractivity contribution in [3.63, 3.8) is 0 Å². The summed E-state index contributed by atoms with van der Waals surface area (Å²) in [6.07, 6.45) is 15.7. The molecular weight excluding hydrogens is 244 g/mol. The highest BCUT2D eigenvalue weighted by Crippen LogP contribution is 2.30. The lowest BCUT2D eigenvalue weighted by Crippen LogP contribution is -2.53. The maximum Gasteiger partial charge on any atom is 0.0252 e. The van der Waals surface area contributed by atoms with Crippen LogP contribution in [0.4, 0.5) is 0 Å². The molecule has 0 bridgehead atoms. The number of rotatable bonds is 6. The Balaban J connectivity index is 2.02. The zero-order chi connectivity index (χ0) is 14.2. The maximum atomic E-state index is 3.89. The molecule has 2 aliphatic carbocycles. The van der Waals surface area contributed by atoms with E-state index in [0.29, 0.717) is 0 Å². The minimum absolute atomic E-state index is 0.746. The van der Waals surface area contributed by atoms with E-state index >= 15 is 0 Å². The van der Waals surface area contributed by atoms with E-state index in [2.05, 4.69) is 24.1 Å². The largest absolute Gasteiger partial charge is 0.312 e. The van der Waals surface area contributed by atoms with Crippen LogP contribution < -0.4 is 5.32 Å². The lowest BCUT2D eigenvalue weighted by Gasteiger charge is -2.42. The van der Waals surface area contributed by atoms with E-state index < -0.39 is 0 Å². The molecule has 2 saturated carbocycles. The third-order valence-corrected chi connectivity index (χ3v) is 5.47. The number of nitrogens with zero attached hydrogens (tertiary/aromatic N) is 1. The summed E-state index contributed by atoms with van der Waals surface area (Å²) in [6, 6.07) is 2.43. The van der Waals surface area contributed by atoms with Crippen molar-refractivity contribution in [2.45, 2.75) is 103 Å². The van der Waals surface area contributed by atoms with Gasteiger partial charge in [0.2, 0.25) is 0 Å². The molecule has 2 rings (SSSR count). The van der Waals surface area contributed by atoms with Crippen LogP contribution in [0.3, 0.4) is 0 Å². The molecular formula is C18H36N2. The van der Waals surface area contributed by atoms with E-state index in [-0.39, 0.29) is 0 Å². The highest BCUT2D eigenvalue weighted by atomic mass is 15.2. The van der Waals surface area contributed by atoms with Gasteiger partial charge in [0.15, 0.2) is 0 Å². The number of likely N-dealkylation sites (N-methyl/N-ethyl adjacent to an activating group) is 1. The van der Waals surface area contributed by atoms with Crippen molar-refractivity contribution in [2.75, 3.05) is 13.1 Å². The smallest absolute Gasteiger partial charge is 0.0252 e. The lowest BCUT2D eigenvalue weighted by molar-refractivity contribution is 0.0947. The van der Waals surface area contributed by atoms with Gasteiger partial charge in [0.05, 0.1) is 0 Å². The summed E-state index contributed by atoms with van der Waals surface area (Å²) in [5, 5.41) is 3.89. The average Bonchev–Trinajstić information content (AvgIpc) is 2.95. The van der Waals surface area contributed by atoms with Gasteiger partial charge in [-0.3, -0.25) is 4.90 Å². The molecule has 0 aliphatic heterocycles. The normalized spacial score (nSPS) is 29.6. The predicted molar refractivity (Wildman–Crippen MR) is 88.2 cm³/mol. The topological polar surface area (TPSA) is 15.3 Å². The van der Waals surface area contributed by atoms with Gasteiger partial charge in [-0.15, -0.1) is 0 Å². The monoisotopic (exact) mass is 280 g/mol. The van der Waals surface area contributed by atoms with Crippen LogP contribution in [0.25, 0.3) is 0 Å². The maximum absolute atomic E-state index is 3.89. The van der Waals surface area contributed by atoms with Crippen LogP contribution in [0.2, 0.25) is 0 Å². The second-order valence-electron chi connectivity index (χ2n) is 6.89. The second kappa shape index (κ2) is 9.04. The van der Waals surface area contributed by atoms with E-state index in [1.54, 1.807) is 0 Å². The Labute approximate surface area is 126 Å². The molecule has 2 atom stereocenters. The molecule has 0 aromatic rings. The Bertz CT molecular complexity index is 246. The number of nitrogens with one attached hydrogen (secondary N) is 1.